The first-order chi connectivity index (χ1) is 8.50. The molecule has 0 radical (unpaired) electrons. The van der Waals surface area contributed by atoms with Crippen molar-refractivity contribution in [2.24, 2.45) is 0 Å². The maximum atomic E-state index is 11.9. The molecule has 0 atom stereocenters. The standard InChI is InChI=1S/C14H19NO3/c1-11-7-9-12(10-8-11)15(2)13(16)5-3-4-6-14(17)18/h7-10H,3-6H2,1-2H3,(H,17,18). The fourth-order valence-electron chi connectivity index (χ4n) is 1.63. The number of hydrogen-bond donors (Lipinski definition) is 1. The van der Waals surface area contributed by atoms with Crippen LogP contribution >= 0.6 is 0 Å². The van der Waals surface area contributed by atoms with Crippen LogP contribution < -0.4 is 4.90 Å². The van der Waals surface area contributed by atoms with E-state index in [9.17, 15) is 9.59 Å². The average molecular weight is 249 g/mol. The van der Waals surface area contributed by atoms with E-state index in [2.05, 4.69) is 0 Å². The zero-order valence-corrected chi connectivity index (χ0v) is 10.8. The summed E-state index contributed by atoms with van der Waals surface area (Å²) >= 11 is 0. The Labute approximate surface area is 107 Å². The van der Waals surface area contributed by atoms with Gasteiger partial charge in [0.25, 0.3) is 0 Å². The van der Waals surface area contributed by atoms with Gasteiger partial charge in [-0.25, -0.2) is 0 Å². The number of unbranched alkanes of at least 4 members (excludes halogenated alkanes) is 1. The van der Waals surface area contributed by atoms with Crippen molar-refractivity contribution in [1.82, 2.24) is 0 Å². The van der Waals surface area contributed by atoms with Crippen LogP contribution in [0.2, 0.25) is 0 Å². The molecule has 1 aromatic carbocycles. The third-order valence-electron chi connectivity index (χ3n) is 2.83. The largest absolute Gasteiger partial charge is 0.481 e. The molecule has 1 rings (SSSR count). The van der Waals surface area contributed by atoms with Gasteiger partial charge in [-0.15, -0.1) is 0 Å². The molecule has 0 saturated carbocycles. The predicted molar refractivity (Wildman–Crippen MR) is 70.7 cm³/mol. The summed E-state index contributed by atoms with van der Waals surface area (Å²) in [6, 6.07) is 7.74. The monoisotopic (exact) mass is 249 g/mol. The van der Waals surface area contributed by atoms with Crippen LogP contribution in [0.1, 0.15) is 31.2 Å². The minimum atomic E-state index is -0.811. The van der Waals surface area contributed by atoms with Crippen LogP contribution in [0.5, 0.6) is 0 Å². The van der Waals surface area contributed by atoms with Crippen molar-refractivity contribution in [3.8, 4) is 0 Å². The minimum absolute atomic E-state index is 0.0178. The Kier molecular flexibility index (Phi) is 5.36. The summed E-state index contributed by atoms with van der Waals surface area (Å²) in [6.07, 6.45) is 1.67. The molecule has 0 heterocycles. The van der Waals surface area contributed by atoms with E-state index in [4.69, 9.17) is 5.11 Å². The molecule has 0 fully saturated rings. The van der Waals surface area contributed by atoms with Gasteiger partial charge in [0.1, 0.15) is 0 Å². The number of benzene rings is 1. The number of aliphatic carboxylic acids is 1. The first-order valence-electron chi connectivity index (χ1n) is 6.05. The van der Waals surface area contributed by atoms with Crippen molar-refractivity contribution in [2.75, 3.05) is 11.9 Å². The zero-order valence-electron chi connectivity index (χ0n) is 10.8. The summed E-state index contributed by atoms with van der Waals surface area (Å²) < 4.78 is 0. The second-order valence-electron chi connectivity index (χ2n) is 4.39. The van der Waals surface area contributed by atoms with E-state index in [1.807, 2.05) is 31.2 Å². The van der Waals surface area contributed by atoms with E-state index in [-0.39, 0.29) is 12.3 Å². The van der Waals surface area contributed by atoms with Gasteiger partial charge >= 0.3 is 5.97 Å². The third-order valence-corrected chi connectivity index (χ3v) is 2.83. The number of hydrogen-bond acceptors (Lipinski definition) is 2. The highest BCUT2D eigenvalue weighted by atomic mass is 16.4. The fourth-order valence-corrected chi connectivity index (χ4v) is 1.63. The summed E-state index contributed by atoms with van der Waals surface area (Å²) in [5, 5.41) is 8.50. The quantitative estimate of drug-likeness (QED) is 0.788. The molecule has 98 valence electrons. The Balaban J connectivity index is 2.41. The molecule has 4 heteroatoms. The lowest BCUT2D eigenvalue weighted by atomic mass is 10.1. The highest BCUT2D eigenvalue weighted by molar-refractivity contribution is 5.92. The van der Waals surface area contributed by atoms with Crippen molar-refractivity contribution in [3.63, 3.8) is 0 Å². The van der Waals surface area contributed by atoms with Crippen LogP contribution in [0.15, 0.2) is 24.3 Å². The van der Waals surface area contributed by atoms with Gasteiger partial charge < -0.3 is 10.0 Å². The third kappa shape index (κ3) is 4.57. The van der Waals surface area contributed by atoms with Crippen LogP contribution in [0, 0.1) is 6.92 Å². The van der Waals surface area contributed by atoms with E-state index < -0.39 is 5.97 Å². The summed E-state index contributed by atoms with van der Waals surface area (Å²) in [6.45, 7) is 2.00. The van der Waals surface area contributed by atoms with Crippen molar-refractivity contribution in [2.45, 2.75) is 32.6 Å². The molecule has 0 aliphatic heterocycles. The minimum Gasteiger partial charge on any atom is -0.481 e. The molecule has 0 aliphatic rings. The molecular formula is C14H19NO3. The van der Waals surface area contributed by atoms with Gasteiger partial charge in [-0.05, 0) is 31.9 Å². The first-order valence-corrected chi connectivity index (χ1v) is 6.05. The van der Waals surface area contributed by atoms with Crippen molar-refractivity contribution in [1.29, 1.82) is 0 Å². The number of carbonyl (C=O) groups excluding carboxylic acids is 1. The highest BCUT2D eigenvalue weighted by Gasteiger charge is 2.10. The van der Waals surface area contributed by atoms with Crippen molar-refractivity contribution in [3.05, 3.63) is 29.8 Å². The Morgan fingerprint density at radius 1 is 1.11 bits per heavy atom. The summed E-state index contributed by atoms with van der Waals surface area (Å²) in [4.78, 5) is 23.8. The van der Waals surface area contributed by atoms with Gasteiger partial charge in [0.2, 0.25) is 5.91 Å². The molecule has 1 amide bonds. The van der Waals surface area contributed by atoms with Gasteiger partial charge in [-0.1, -0.05) is 17.7 Å². The van der Waals surface area contributed by atoms with Crippen molar-refractivity contribution < 1.29 is 14.7 Å². The zero-order chi connectivity index (χ0) is 13.5. The van der Waals surface area contributed by atoms with Crippen molar-refractivity contribution >= 4 is 17.6 Å². The number of amides is 1. The molecule has 1 aromatic rings. The number of nitrogens with zero attached hydrogens (tertiary/aromatic N) is 1. The van der Waals surface area contributed by atoms with E-state index >= 15 is 0 Å². The second kappa shape index (κ2) is 6.79. The molecule has 4 nitrogen and oxygen atoms in total. The van der Waals surface area contributed by atoms with E-state index in [1.165, 1.54) is 0 Å². The molecule has 18 heavy (non-hydrogen) atoms. The molecule has 0 saturated heterocycles. The number of rotatable bonds is 6. The maximum absolute atomic E-state index is 11.9. The summed E-state index contributed by atoms with van der Waals surface area (Å²) in [7, 11) is 1.74. The lowest BCUT2D eigenvalue weighted by molar-refractivity contribution is -0.137. The Morgan fingerprint density at radius 2 is 1.67 bits per heavy atom. The average Bonchev–Trinajstić information content (AvgIpc) is 2.34. The smallest absolute Gasteiger partial charge is 0.303 e. The Bertz CT molecular complexity index is 412. The number of aryl methyl sites for hydroxylation is 1. The Morgan fingerprint density at radius 3 is 2.22 bits per heavy atom. The van der Waals surface area contributed by atoms with Gasteiger partial charge in [0.15, 0.2) is 0 Å². The highest BCUT2D eigenvalue weighted by Crippen LogP contribution is 2.15. The number of anilines is 1. The van der Waals surface area contributed by atoms with Gasteiger partial charge in [-0.2, -0.15) is 0 Å². The van der Waals surface area contributed by atoms with Crippen LogP contribution in [0.25, 0.3) is 0 Å². The lowest BCUT2D eigenvalue weighted by Gasteiger charge is -2.17. The van der Waals surface area contributed by atoms with E-state index in [0.29, 0.717) is 19.3 Å². The SMILES string of the molecule is Cc1ccc(N(C)C(=O)CCCCC(=O)O)cc1. The first kappa shape index (κ1) is 14.2. The molecule has 0 aromatic heterocycles. The second-order valence-corrected chi connectivity index (χ2v) is 4.39. The summed E-state index contributed by atoms with van der Waals surface area (Å²) in [5.41, 5.74) is 2.02. The maximum Gasteiger partial charge on any atom is 0.303 e. The van der Waals surface area contributed by atoms with E-state index in [0.717, 1.165) is 11.3 Å². The topological polar surface area (TPSA) is 57.6 Å². The van der Waals surface area contributed by atoms with Crippen LogP contribution in [-0.2, 0) is 9.59 Å². The van der Waals surface area contributed by atoms with Gasteiger partial charge in [-0.3, -0.25) is 9.59 Å². The van der Waals surface area contributed by atoms with E-state index in [1.54, 1.807) is 11.9 Å². The molecule has 0 bridgehead atoms. The van der Waals surface area contributed by atoms with Crippen LogP contribution in [0.3, 0.4) is 0 Å². The lowest BCUT2D eigenvalue weighted by Crippen LogP contribution is -2.25. The van der Waals surface area contributed by atoms with Crippen LogP contribution in [-0.4, -0.2) is 24.0 Å². The molecule has 0 unspecified atom stereocenters. The fraction of sp³-hybridized carbons (Fsp3) is 0.429. The number of carboxylic acids is 1. The number of carboxylic acid groups (broad SMARTS) is 1. The predicted octanol–water partition coefficient (Wildman–Crippen LogP) is 2.60. The molecule has 0 spiro atoms. The normalized spacial score (nSPS) is 10.1. The Hall–Kier alpha value is -1.84. The molecule has 0 aliphatic carbocycles. The van der Waals surface area contributed by atoms with Gasteiger partial charge in [0.05, 0.1) is 0 Å². The van der Waals surface area contributed by atoms with Crippen LogP contribution in [0.4, 0.5) is 5.69 Å². The molecular weight excluding hydrogens is 230 g/mol. The summed E-state index contributed by atoms with van der Waals surface area (Å²) in [5.74, 6) is -0.793. The molecule has 1 N–H and O–H groups in total. The number of carbonyl (C=O) groups is 2. The van der Waals surface area contributed by atoms with Gasteiger partial charge in [0, 0.05) is 25.6 Å².